The number of carbonyl (C=O) groups is 1. The number of benzene rings is 1. The van der Waals surface area contributed by atoms with Gasteiger partial charge in [-0.1, -0.05) is 18.2 Å². The lowest BCUT2D eigenvalue weighted by Crippen LogP contribution is -2.27. The van der Waals surface area contributed by atoms with E-state index in [1.807, 2.05) is 11.8 Å². The first-order valence-electron chi connectivity index (χ1n) is 5.62. The Morgan fingerprint density at radius 3 is 3.18 bits per heavy atom. The zero-order valence-electron chi connectivity index (χ0n) is 9.52. The van der Waals surface area contributed by atoms with E-state index in [0.717, 1.165) is 12.3 Å². The molecule has 92 valence electrons. The first kappa shape index (κ1) is 12.3. The highest BCUT2D eigenvalue weighted by Crippen LogP contribution is 2.38. The van der Waals surface area contributed by atoms with E-state index in [0.29, 0.717) is 19.1 Å². The molecule has 0 spiro atoms. The topological polar surface area (TPSA) is 64.4 Å². The summed E-state index contributed by atoms with van der Waals surface area (Å²) in [6, 6.07) is 8.49. The third kappa shape index (κ3) is 3.38. The molecule has 1 amide bonds. The SMILES string of the molecule is NC(=O)OCCNCC1CSc2ccccc21. The molecule has 0 radical (unpaired) electrons. The quantitative estimate of drug-likeness (QED) is 0.781. The highest BCUT2D eigenvalue weighted by Gasteiger charge is 2.21. The van der Waals surface area contributed by atoms with Crippen LogP contribution < -0.4 is 11.1 Å². The minimum absolute atomic E-state index is 0.330. The van der Waals surface area contributed by atoms with E-state index in [1.54, 1.807) is 0 Å². The van der Waals surface area contributed by atoms with Gasteiger partial charge in [-0.3, -0.25) is 0 Å². The molecule has 0 bridgehead atoms. The van der Waals surface area contributed by atoms with Crippen molar-refractivity contribution in [2.45, 2.75) is 10.8 Å². The third-order valence-corrected chi connectivity index (χ3v) is 3.96. The van der Waals surface area contributed by atoms with E-state index in [9.17, 15) is 4.79 Å². The second kappa shape index (κ2) is 5.93. The fourth-order valence-electron chi connectivity index (χ4n) is 1.90. The van der Waals surface area contributed by atoms with Gasteiger partial charge in [0.25, 0.3) is 0 Å². The summed E-state index contributed by atoms with van der Waals surface area (Å²) in [6.45, 7) is 1.88. The number of fused-ring (bicyclic) bond motifs is 1. The van der Waals surface area contributed by atoms with Gasteiger partial charge in [0, 0.05) is 29.7 Å². The summed E-state index contributed by atoms with van der Waals surface area (Å²) in [4.78, 5) is 11.7. The lowest BCUT2D eigenvalue weighted by molar-refractivity contribution is 0.157. The van der Waals surface area contributed by atoms with Crippen LogP contribution in [0.5, 0.6) is 0 Å². The lowest BCUT2D eigenvalue weighted by atomic mass is 10.0. The number of nitrogens with two attached hydrogens (primary N) is 1. The molecular formula is C12H16N2O2S. The number of carbonyl (C=O) groups excluding carboxylic acids is 1. The zero-order valence-corrected chi connectivity index (χ0v) is 10.3. The number of amides is 1. The molecule has 0 saturated heterocycles. The first-order valence-corrected chi connectivity index (χ1v) is 6.60. The van der Waals surface area contributed by atoms with E-state index < -0.39 is 6.09 Å². The summed E-state index contributed by atoms with van der Waals surface area (Å²) in [5.74, 6) is 1.66. The molecule has 17 heavy (non-hydrogen) atoms. The van der Waals surface area contributed by atoms with Crippen molar-refractivity contribution in [2.24, 2.45) is 5.73 Å². The maximum atomic E-state index is 10.4. The van der Waals surface area contributed by atoms with Crippen molar-refractivity contribution in [1.82, 2.24) is 5.32 Å². The van der Waals surface area contributed by atoms with Crippen molar-refractivity contribution in [3.63, 3.8) is 0 Å². The molecule has 1 aliphatic rings. The van der Waals surface area contributed by atoms with Crippen LogP contribution in [0.25, 0.3) is 0 Å². The van der Waals surface area contributed by atoms with Gasteiger partial charge in [-0.25, -0.2) is 4.79 Å². The van der Waals surface area contributed by atoms with Crippen LogP contribution in [0.1, 0.15) is 11.5 Å². The highest BCUT2D eigenvalue weighted by atomic mass is 32.2. The van der Waals surface area contributed by atoms with Crippen LogP contribution >= 0.6 is 11.8 Å². The molecule has 2 rings (SSSR count). The number of ether oxygens (including phenoxy) is 1. The van der Waals surface area contributed by atoms with Gasteiger partial charge in [0.05, 0.1) is 0 Å². The van der Waals surface area contributed by atoms with Crippen molar-refractivity contribution >= 4 is 17.9 Å². The molecule has 4 nitrogen and oxygen atoms in total. The molecule has 0 aliphatic carbocycles. The first-order chi connectivity index (χ1) is 8.27. The van der Waals surface area contributed by atoms with Crippen molar-refractivity contribution in [3.05, 3.63) is 29.8 Å². The van der Waals surface area contributed by atoms with E-state index in [1.165, 1.54) is 10.5 Å². The predicted molar refractivity (Wildman–Crippen MR) is 68.3 cm³/mol. The molecule has 0 fully saturated rings. The van der Waals surface area contributed by atoms with Gasteiger partial charge in [-0.05, 0) is 11.6 Å². The van der Waals surface area contributed by atoms with Crippen LogP contribution in [0.2, 0.25) is 0 Å². The normalized spacial score (nSPS) is 17.8. The largest absolute Gasteiger partial charge is 0.448 e. The van der Waals surface area contributed by atoms with Crippen LogP contribution in [0.15, 0.2) is 29.2 Å². The predicted octanol–water partition coefficient (Wildman–Crippen LogP) is 1.56. The van der Waals surface area contributed by atoms with Crippen molar-refractivity contribution < 1.29 is 9.53 Å². The summed E-state index contributed by atoms with van der Waals surface area (Å²) in [5.41, 5.74) is 6.29. The number of nitrogens with one attached hydrogen (secondary N) is 1. The molecule has 5 heteroatoms. The maximum absolute atomic E-state index is 10.4. The second-order valence-corrected chi connectivity index (χ2v) is 4.98. The highest BCUT2D eigenvalue weighted by molar-refractivity contribution is 7.99. The Bertz CT molecular complexity index is 398. The van der Waals surface area contributed by atoms with Crippen LogP contribution in [0.3, 0.4) is 0 Å². The van der Waals surface area contributed by atoms with E-state index >= 15 is 0 Å². The molecule has 1 aromatic rings. The molecule has 0 saturated carbocycles. The number of rotatable bonds is 5. The average molecular weight is 252 g/mol. The number of hydrogen-bond acceptors (Lipinski definition) is 4. The molecule has 0 aromatic heterocycles. The van der Waals surface area contributed by atoms with Crippen LogP contribution in [0.4, 0.5) is 4.79 Å². The fourth-order valence-corrected chi connectivity index (χ4v) is 3.15. The molecule has 1 heterocycles. The second-order valence-electron chi connectivity index (χ2n) is 3.92. The third-order valence-electron chi connectivity index (χ3n) is 2.71. The Morgan fingerprint density at radius 2 is 2.35 bits per heavy atom. The van der Waals surface area contributed by atoms with Crippen molar-refractivity contribution in [3.8, 4) is 0 Å². The summed E-state index contributed by atoms with van der Waals surface area (Å²) in [5, 5.41) is 3.28. The standard InChI is InChI=1S/C12H16N2O2S/c13-12(15)16-6-5-14-7-9-8-17-11-4-2-1-3-10(9)11/h1-4,9,14H,5-8H2,(H2,13,15). The van der Waals surface area contributed by atoms with Gasteiger partial charge in [-0.2, -0.15) is 0 Å². The van der Waals surface area contributed by atoms with E-state index in [2.05, 4.69) is 34.3 Å². The van der Waals surface area contributed by atoms with Gasteiger partial charge in [-0.15, -0.1) is 11.8 Å². The summed E-state index contributed by atoms with van der Waals surface area (Å²) in [7, 11) is 0. The maximum Gasteiger partial charge on any atom is 0.404 e. The van der Waals surface area contributed by atoms with Gasteiger partial charge in [0.1, 0.15) is 6.61 Å². The van der Waals surface area contributed by atoms with E-state index in [4.69, 9.17) is 5.73 Å². The summed E-state index contributed by atoms with van der Waals surface area (Å²) in [6.07, 6.45) is -0.714. The van der Waals surface area contributed by atoms with Crippen LogP contribution in [0, 0.1) is 0 Å². The smallest absolute Gasteiger partial charge is 0.404 e. The van der Waals surface area contributed by atoms with Gasteiger partial charge in [0.15, 0.2) is 0 Å². The van der Waals surface area contributed by atoms with Crippen molar-refractivity contribution in [1.29, 1.82) is 0 Å². The Labute approximate surface area is 105 Å². The summed E-state index contributed by atoms with van der Waals surface area (Å²) >= 11 is 1.90. The summed E-state index contributed by atoms with van der Waals surface area (Å²) < 4.78 is 4.65. The van der Waals surface area contributed by atoms with E-state index in [-0.39, 0.29) is 0 Å². The minimum Gasteiger partial charge on any atom is -0.448 e. The monoisotopic (exact) mass is 252 g/mol. The minimum atomic E-state index is -0.714. The Balaban J connectivity index is 1.73. The Morgan fingerprint density at radius 1 is 1.53 bits per heavy atom. The molecule has 1 atom stereocenters. The lowest BCUT2D eigenvalue weighted by Gasteiger charge is -2.11. The number of hydrogen-bond donors (Lipinski definition) is 2. The average Bonchev–Trinajstić information content (AvgIpc) is 2.72. The Kier molecular flexibility index (Phi) is 4.28. The molecule has 1 unspecified atom stereocenters. The number of primary amides is 1. The zero-order chi connectivity index (χ0) is 12.1. The molecule has 1 aromatic carbocycles. The van der Waals surface area contributed by atoms with Crippen LogP contribution in [-0.4, -0.2) is 31.5 Å². The van der Waals surface area contributed by atoms with Gasteiger partial charge >= 0.3 is 6.09 Å². The fraction of sp³-hybridized carbons (Fsp3) is 0.417. The number of thioether (sulfide) groups is 1. The van der Waals surface area contributed by atoms with Gasteiger partial charge < -0.3 is 15.8 Å². The van der Waals surface area contributed by atoms with Crippen molar-refractivity contribution in [2.75, 3.05) is 25.4 Å². The molecule has 1 aliphatic heterocycles. The molecule has 3 N–H and O–H groups in total. The Hall–Kier alpha value is -1.20. The van der Waals surface area contributed by atoms with Crippen LogP contribution in [-0.2, 0) is 4.74 Å². The van der Waals surface area contributed by atoms with Gasteiger partial charge in [0.2, 0.25) is 0 Å². The molecular weight excluding hydrogens is 236 g/mol.